The van der Waals surface area contributed by atoms with Crippen LogP contribution in [0.2, 0.25) is 0 Å². The fourth-order valence-corrected chi connectivity index (χ4v) is 3.66. The van der Waals surface area contributed by atoms with E-state index in [2.05, 4.69) is 4.99 Å². The van der Waals surface area contributed by atoms with Gasteiger partial charge in [-0.15, -0.1) is 0 Å². The number of allylic oxidation sites excluding steroid dienone is 1. The van der Waals surface area contributed by atoms with Crippen molar-refractivity contribution >= 4 is 22.9 Å². The number of hydrogen-bond acceptors (Lipinski definition) is 6. The minimum Gasteiger partial charge on any atom is -0.494 e. The number of rotatable bonds is 5. The molecule has 0 saturated carbocycles. The molecule has 0 aliphatic carbocycles. The van der Waals surface area contributed by atoms with E-state index in [4.69, 9.17) is 9.47 Å². The van der Waals surface area contributed by atoms with Crippen LogP contribution in [0.4, 0.5) is 0 Å². The van der Waals surface area contributed by atoms with Crippen LogP contribution >= 0.6 is 11.8 Å². The van der Waals surface area contributed by atoms with E-state index in [9.17, 15) is 4.79 Å². The Morgan fingerprint density at radius 2 is 2.08 bits per heavy atom. The normalized spacial score (nSPS) is 19.2. The van der Waals surface area contributed by atoms with Gasteiger partial charge in [0.25, 0.3) is 0 Å². The van der Waals surface area contributed by atoms with Crippen molar-refractivity contribution in [3.63, 3.8) is 0 Å². The number of carbonyl (C=O) groups excluding carboxylic acids is 1. The van der Waals surface area contributed by atoms with Gasteiger partial charge in [0.15, 0.2) is 5.17 Å². The number of ether oxygens (including phenoxy) is 2. The molecule has 2 heterocycles. The molecule has 0 bridgehead atoms. The molecule has 0 spiro atoms. The number of nitrogens with zero attached hydrogens (tertiary/aromatic N) is 2. The lowest BCUT2D eigenvalue weighted by Crippen LogP contribution is -2.34. The van der Waals surface area contributed by atoms with E-state index in [0.29, 0.717) is 24.5 Å². The molecule has 1 aromatic carbocycles. The molecule has 6 heteroatoms. The Balaban J connectivity index is 2.13. The molecule has 3 rings (SSSR count). The predicted molar refractivity (Wildman–Crippen MR) is 95.7 cm³/mol. The van der Waals surface area contributed by atoms with Crippen LogP contribution in [0.5, 0.6) is 5.75 Å². The highest BCUT2D eigenvalue weighted by Gasteiger charge is 2.38. The lowest BCUT2D eigenvalue weighted by molar-refractivity contribution is -0.139. The molecule has 0 aromatic heterocycles. The maximum Gasteiger partial charge on any atom is 0.338 e. The summed E-state index contributed by atoms with van der Waals surface area (Å²) in [5.41, 5.74) is 2.17. The summed E-state index contributed by atoms with van der Waals surface area (Å²) in [6, 6.07) is 7.50. The van der Waals surface area contributed by atoms with Crippen LogP contribution in [0.1, 0.15) is 32.4 Å². The molecule has 2 aliphatic heterocycles. The van der Waals surface area contributed by atoms with Crippen molar-refractivity contribution in [2.24, 2.45) is 4.99 Å². The summed E-state index contributed by atoms with van der Waals surface area (Å²) < 4.78 is 11.1. The topological polar surface area (TPSA) is 51.1 Å². The van der Waals surface area contributed by atoms with Crippen molar-refractivity contribution in [3.8, 4) is 5.75 Å². The average Bonchev–Trinajstić information content (AvgIpc) is 3.02. The fraction of sp³-hybridized carbons (Fsp3) is 0.333. The van der Waals surface area contributed by atoms with E-state index in [1.54, 1.807) is 18.7 Å². The summed E-state index contributed by atoms with van der Waals surface area (Å²) in [7, 11) is 0. The number of carbonyl (C=O) groups is 1. The molecule has 24 heavy (non-hydrogen) atoms. The molecule has 0 amide bonds. The van der Waals surface area contributed by atoms with Gasteiger partial charge in [-0.3, -0.25) is 0 Å². The van der Waals surface area contributed by atoms with Crippen LogP contribution in [-0.2, 0) is 9.53 Å². The summed E-state index contributed by atoms with van der Waals surface area (Å²) in [4.78, 5) is 19.2. The SMILES string of the molecule is CCOC(=O)C1=C(C)N=C2SC=CN2[C@H]1c1ccccc1OCC. The maximum absolute atomic E-state index is 12.6. The molecular formula is C18H20N2O3S. The Morgan fingerprint density at radius 3 is 2.83 bits per heavy atom. The summed E-state index contributed by atoms with van der Waals surface area (Å²) in [6.07, 6.45) is 1.95. The van der Waals surface area contributed by atoms with Crippen LogP contribution in [0.25, 0.3) is 0 Å². The van der Waals surface area contributed by atoms with Crippen LogP contribution in [-0.4, -0.2) is 29.3 Å². The second-order valence-electron chi connectivity index (χ2n) is 5.30. The molecule has 0 radical (unpaired) electrons. The molecule has 1 atom stereocenters. The standard InChI is InChI=1S/C18H20N2O3S/c1-4-22-14-9-7-6-8-13(14)16-15(17(21)23-5-2)12(3)19-18-20(16)10-11-24-18/h6-11,16H,4-5H2,1-3H3/t16-/m0/s1. The van der Waals surface area contributed by atoms with Crippen LogP contribution < -0.4 is 4.74 Å². The monoisotopic (exact) mass is 344 g/mol. The zero-order chi connectivity index (χ0) is 17.1. The van der Waals surface area contributed by atoms with Gasteiger partial charge in [0.2, 0.25) is 0 Å². The summed E-state index contributed by atoms with van der Waals surface area (Å²) in [5.74, 6) is 0.436. The number of amidine groups is 1. The molecule has 5 nitrogen and oxygen atoms in total. The van der Waals surface area contributed by atoms with Gasteiger partial charge in [0.1, 0.15) is 5.75 Å². The molecule has 0 saturated heterocycles. The predicted octanol–water partition coefficient (Wildman–Crippen LogP) is 3.85. The van der Waals surface area contributed by atoms with Crippen LogP contribution in [0, 0.1) is 0 Å². The van der Waals surface area contributed by atoms with Crippen molar-refractivity contribution in [1.29, 1.82) is 0 Å². The molecule has 2 aliphatic rings. The first-order valence-corrected chi connectivity index (χ1v) is 8.85. The molecule has 0 N–H and O–H groups in total. The third-order valence-electron chi connectivity index (χ3n) is 3.83. The highest BCUT2D eigenvalue weighted by molar-refractivity contribution is 8.16. The Kier molecular flexibility index (Phi) is 4.94. The molecule has 1 aromatic rings. The Bertz CT molecular complexity index is 740. The Labute approximate surface area is 146 Å². The van der Waals surface area contributed by atoms with Gasteiger partial charge < -0.3 is 14.4 Å². The van der Waals surface area contributed by atoms with E-state index < -0.39 is 0 Å². The summed E-state index contributed by atoms with van der Waals surface area (Å²) >= 11 is 1.54. The number of fused-ring (bicyclic) bond motifs is 1. The number of para-hydroxylation sites is 1. The summed E-state index contributed by atoms with van der Waals surface area (Å²) in [5, 5.41) is 2.83. The Morgan fingerprint density at radius 1 is 1.29 bits per heavy atom. The van der Waals surface area contributed by atoms with Gasteiger partial charge in [0, 0.05) is 11.8 Å². The second kappa shape index (κ2) is 7.13. The summed E-state index contributed by atoms with van der Waals surface area (Å²) in [6.45, 7) is 6.50. The highest BCUT2D eigenvalue weighted by atomic mass is 32.2. The minimum atomic E-state index is -0.334. The van der Waals surface area contributed by atoms with Crippen molar-refractivity contribution in [2.75, 3.05) is 13.2 Å². The second-order valence-corrected chi connectivity index (χ2v) is 6.17. The lowest BCUT2D eigenvalue weighted by Gasteiger charge is -2.34. The van der Waals surface area contributed by atoms with Crippen molar-refractivity contribution in [3.05, 3.63) is 52.7 Å². The van der Waals surface area contributed by atoms with E-state index >= 15 is 0 Å². The van der Waals surface area contributed by atoms with Gasteiger partial charge in [-0.1, -0.05) is 30.0 Å². The lowest BCUT2D eigenvalue weighted by atomic mass is 9.94. The van der Waals surface area contributed by atoms with E-state index in [1.165, 1.54) is 0 Å². The largest absolute Gasteiger partial charge is 0.494 e. The van der Waals surface area contributed by atoms with Gasteiger partial charge in [-0.25, -0.2) is 9.79 Å². The minimum absolute atomic E-state index is 0.300. The number of esters is 1. The molecular weight excluding hydrogens is 324 g/mol. The zero-order valence-electron chi connectivity index (χ0n) is 14.0. The van der Waals surface area contributed by atoms with Crippen LogP contribution in [0.15, 0.2) is 52.1 Å². The molecule has 0 fully saturated rings. The fourth-order valence-electron chi connectivity index (χ4n) is 2.87. The smallest absolute Gasteiger partial charge is 0.338 e. The van der Waals surface area contributed by atoms with E-state index in [-0.39, 0.29) is 12.0 Å². The molecule has 126 valence electrons. The number of aliphatic imine (C=N–C) groups is 1. The Hall–Kier alpha value is -2.21. The van der Waals surface area contributed by atoms with Gasteiger partial charge >= 0.3 is 5.97 Å². The average molecular weight is 344 g/mol. The number of benzene rings is 1. The first-order valence-electron chi connectivity index (χ1n) is 7.97. The number of thioether (sulfide) groups is 1. The first kappa shape index (κ1) is 16.6. The van der Waals surface area contributed by atoms with E-state index in [1.807, 2.05) is 54.6 Å². The molecule has 0 unspecified atom stereocenters. The van der Waals surface area contributed by atoms with Crippen LogP contribution in [0.3, 0.4) is 0 Å². The van der Waals surface area contributed by atoms with Crippen molar-refractivity contribution in [1.82, 2.24) is 4.90 Å². The third kappa shape index (κ3) is 2.94. The van der Waals surface area contributed by atoms with E-state index in [0.717, 1.165) is 16.5 Å². The van der Waals surface area contributed by atoms with Crippen molar-refractivity contribution in [2.45, 2.75) is 26.8 Å². The first-order chi connectivity index (χ1) is 11.7. The third-order valence-corrected chi connectivity index (χ3v) is 4.60. The van der Waals surface area contributed by atoms with Gasteiger partial charge in [0.05, 0.1) is 30.5 Å². The maximum atomic E-state index is 12.6. The van der Waals surface area contributed by atoms with Crippen molar-refractivity contribution < 1.29 is 14.3 Å². The van der Waals surface area contributed by atoms with Gasteiger partial charge in [-0.05, 0) is 32.2 Å². The highest BCUT2D eigenvalue weighted by Crippen LogP contribution is 2.43. The zero-order valence-corrected chi connectivity index (χ0v) is 14.8. The quantitative estimate of drug-likeness (QED) is 0.759. The van der Waals surface area contributed by atoms with Gasteiger partial charge in [-0.2, -0.15) is 0 Å². The number of hydrogen-bond donors (Lipinski definition) is 0.